The summed E-state index contributed by atoms with van der Waals surface area (Å²) in [7, 11) is 0. The van der Waals surface area contributed by atoms with Crippen LogP contribution in [0.2, 0.25) is 0 Å². The van der Waals surface area contributed by atoms with Crippen LogP contribution >= 0.6 is 11.3 Å². The molecule has 0 radical (unpaired) electrons. The van der Waals surface area contributed by atoms with Gasteiger partial charge in [-0.15, -0.1) is 17.9 Å². The van der Waals surface area contributed by atoms with Crippen molar-refractivity contribution in [3.8, 4) is 0 Å². The van der Waals surface area contributed by atoms with Gasteiger partial charge in [-0.05, 0) is 38.4 Å². The molecule has 1 heterocycles. The lowest BCUT2D eigenvalue weighted by molar-refractivity contribution is 0.556. The quantitative estimate of drug-likeness (QED) is 0.721. The maximum atomic E-state index is 3.99. The van der Waals surface area contributed by atoms with Gasteiger partial charge in [-0.25, -0.2) is 0 Å². The first-order chi connectivity index (χ1) is 7.17. The number of thiophene rings is 1. The molecule has 2 heteroatoms. The summed E-state index contributed by atoms with van der Waals surface area (Å²) in [6.45, 7) is 11.5. The lowest BCUT2D eigenvalue weighted by atomic mass is 10.1. The van der Waals surface area contributed by atoms with Gasteiger partial charge < -0.3 is 5.32 Å². The van der Waals surface area contributed by atoms with Crippen LogP contribution in [-0.4, -0.2) is 6.54 Å². The molecule has 0 saturated carbocycles. The van der Waals surface area contributed by atoms with E-state index < -0.39 is 0 Å². The van der Waals surface area contributed by atoms with Crippen LogP contribution in [0.3, 0.4) is 0 Å². The average Bonchev–Trinajstić information content (AvgIpc) is 2.64. The fraction of sp³-hybridized carbons (Fsp3) is 0.538. The van der Waals surface area contributed by atoms with Crippen molar-refractivity contribution in [3.05, 3.63) is 34.0 Å². The maximum absolute atomic E-state index is 3.99. The largest absolute Gasteiger partial charge is 0.309 e. The van der Waals surface area contributed by atoms with Crippen molar-refractivity contribution < 1.29 is 0 Å². The van der Waals surface area contributed by atoms with Gasteiger partial charge in [0.25, 0.3) is 0 Å². The van der Waals surface area contributed by atoms with Gasteiger partial charge in [-0.1, -0.05) is 19.4 Å². The van der Waals surface area contributed by atoms with Gasteiger partial charge >= 0.3 is 0 Å². The molecule has 0 spiro atoms. The molecule has 1 unspecified atom stereocenters. The molecule has 1 aromatic heterocycles. The van der Waals surface area contributed by atoms with E-state index in [0.717, 1.165) is 19.4 Å². The van der Waals surface area contributed by atoms with E-state index in [4.69, 9.17) is 0 Å². The Morgan fingerprint density at radius 2 is 2.20 bits per heavy atom. The molecule has 1 nitrogen and oxygen atoms in total. The third-order valence-corrected chi connectivity index (χ3v) is 3.72. The first-order valence-electron chi connectivity index (χ1n) is 5.63. The molecule has 15 heavy (non-hydrogen) atoms. The number of nitrogens with one attached hydrogen (secondary N) is 1. The van der Waals surface area contributed by atoms with Crippen molar-refractivity contribution >= 4 is 11.3 Å². The van der Waals surface area contributed by atoms with Crippen LogP contribution in [0, 0.1) is 0 Å². The van der Waals surface area contributed by atoms with Crippen molar-refractivity contribution in [2.45, 2.75) is 39.7 Å². The first kappa shape index (κ1) is 12.5. The van der Waals surface area contributed by atoms with Crippen LogP contribution in [0.1, 0.15) is 43.0 Å². The Bertz CT molecular complexity index is 314. The summed E-state index contributed by atoms with van der Waals surface area (Å²) in [6, 6.07) is 4.94. The molecule has 84 valence electrons. The molecule has 0 aliphatic heterocycles. The van der Waals surface area contributed by atoms with Gasteiger partial charge in [0, 0.05) is 15.8 Å². The predicted molar refractivity (Wildman–Crippen MR) is 69.5 cm³/mol. The molecule has 0 aromatic carbocycles. The first-order valence-corrected chi connectivity index (χ1v) is 6.45. The van der Waals surface area contributed by atoms with E-state index in [1.165, 1.54) is 15.3 Å². The number of rotatable bonds is 6. The SMILES string of the molecule is C=C(C)CC(NCC)c1ccc(CC)s1. The summed E-state index contributed by atoms with van der Waals surface area (Å²) in [6.07, 6.45) is 2.17. The summed E-state index contributed by atoms with van der Waals surface area (Å²) in [5.74, 6) is 0. The zero-order valence-electron chi connectivity index (χ0n) is 9.97. The molecule has 1 rings (SSSR count). The summed E-state index contributed by atoms with van der Waals surface area (Å²) in [5.41, 5.74) is 1.24. The lowest BCUT2D eigenvalue weighted by Crippen LogP contribution is -2.20. The lowest BCUT2D eigenvalue weighted by Gasteiger charge is -2.16. The van der Waals surface area contributed by atoms with Crippen LogP contribution in [0.15, 0.2) is 24.3 Å². The highest BCUT2D eigenvalue weighted by molar-refractivity contribution is 7.12. The highest BCUT2D eigenvalue weighted by atomic mass is 32.1. The Morgan fingerprint density at radius 3 is 2.67 bits per heavy atom. The minimum Gasteiger partial charge on any atom is -0.309 e. The van der Waals surface area contributed by atoms with Crippen molar-refractivity contribution in [1.29, 1.82) is 0 Å². The molecule has 0 saturated heterocycles. The van der Waals surface area contributed by atoms with Crippen LogP contribution in [-0.2, 0) is 6.42 Å². The van der Waals surface area contributed by atoms with Gasteiger partial charge in [0.1, 0.15) is 0 Å². The second kappa shape index (κ2) is 6.09. The third kappa shape index (κ3) is 3.80. The van der Waals surface area contributed by atoms with Gasteiger partial charge in [-0.3, -0.25) is 0 Å². The molecule has 1 aromatic rings. The minimum absolute atomic E-state index is 0.456. The van der Waals surface area contributed by atoms with Crippen LogP contribution in [0.5, 0.6) is 0 Å². The number of hydrogen-bond donors (Lipinski definition) is 1. The summed E-state index contributed by atoms with van der Waals surface area (Å²) in [5, 5.41) is 3.52. The van der Waals surface area contributed by atoms with E-state index >= 15 is 0 Å². The molecular weight excluding hydrogens is 202 g/mol. The second-order valence-electron chi connectivity index (χ2n) is 3.93. The van der Waals surface area contributed by atoms with Crippen molar-refractivity contribution in [2.75, 3.05) is 6.54 Å². The molecule has 0 amide bonds. The molecule has 1 atom stereocenters. The van der Waals surface area contributed by atoms with E-state index in [0.29, 0.717) is 6.04 Å². The molecule has 0 aliphatic rings. The average molecular weight is 223 g/mol. The van der Waals surface area contributed by atoms with E-state index in [9.17, 15) is 0 Å². The van der Waals surface area contributed by atoms with Crippen LogP contribution in [0.25, 0.3) is 0 Å². The highest BCUT2D eigenvalue weighted by Gasteiger charge is 2.12. The Balaban J connectivity index is 2.73. The second-order valence-corrected chi connectivity index (χ2v) is 5.13. The standard InChI is InChI=1S/C13H21NS/c1-5-11-7-8-13(15-11)12(14-6-2)9-10(3)4/h7-8,12,14H,3,5-6,9H2,1-2,4H3. The predicted octanol–water partition coefficient (Wildman–Crippen LogP) is 3.93. The molecule has 0 fully saturated rings. The van der Waals surface area contributed by atoms with E-state index in [2.05, 4.69) is 44.8 Å². The third-order valence-electron chi connectivity index (χ3n) is 2.38. The van der Waals surface area contributed by atoms with Crippen molar-refractivity contribution in [3.63, 3.8) is 0 Å². The van der Waals surface area contributed by atoms with Gasteiger partial charge in [-0.2, -0.15) is 0 Å². The fourth-order valence-corrected chi connectivity index (χ4v) is 2.67. The molecule has 1 N–H and O–H groups in total. The molecule has 0 bridgehead atoms. The zero-order chi connectivity index (χ0) is 11.3. The van der Waals surface area contributed by atoms with E-state index in [1.807, 2.05) is 11.3 Å². The number of hydrogen-bond acceptors (Lipinski definition) is 2. The fourth-order valence-electron chi connectivity index (χ4n) is 1.64. The zero-order valence-corrected chi connectivity index (χ0v) is 10.8. The van der Waals surface area contributed by atoms with E-state index in [-0.39, 0.29) is 0 Å². The van der Waals surface area contributed by atoms with Gasteiger partial charge in [0.2, 0.25) is 0 Å². The summed E-state index contributed by atoms with van der Waals surface area (Å²) >= 11 is 1.92. The van der Waals surface area contributed by atoms with E-state index in [1.54, 1.807) is 0 Å². The monoisotopic (exact) mass is 223 g/mol. The van der Waals surface area contributed by atoms with Gasteiger partial charge in [0.15, 0.2) is 0 Å². The van der Waals surface area contributed by atoms with Gasteiger partial charge in [0.05, 0.1) is 0 Å². The Hall–Kier alpha value is -0.600. The topological polar surface area (TPSA) is 12.0 Å². The van der Waals surface area contributed by atoms with Crippen molar-refractivity contribution in [1.82, 2.24) is 5.32 Å². The maximum Gasteiger partial charge on any atom is 0.0452 e. The highest BCUT2D eigenvalue weighted by Crippen LogP contribution is 2.27. The van der Waals surface area contributed by atoms with Crippen LogP contribution < -0.4 is 5.32 Å². The Morgan fingerprint density at radius 1 is 1.47 bits per heavy atom. The normalized spacial score (nSPS) is 12.7. The Kier molecular flexibility index (Phi) is 5.06. The Labute approximate surface area is 97.2 Å². The molecule has 0 aliphatic carbocycles. The van der Waals surface area contributed by atoms with Crippen LogP contribution in [0.4, 0.5) is 0 Å². The minimum atomic E-state index is 0.456. The smallest absolute Gasteiger partial charge is 0.0452 e. The van der Waals surface area contributed by atoms with Crippen molar-refractivity contribution in [2.24, 2.45) is 0 Å². The molecular formula is C13H21NS. The summed E-state index contributed by atoms with van der Waals surface area (Å²) < 4.78 is 0. The summed E-state index contributed by atoms with van der Waals surface area (Å²) in [4.78, 5) is 2.91. The number of aryl methyl sites for hydroxylation is 1.